The van der Waals surface area contributed by atoms with Gasteiger partial charge in [0.05, 0.1) is 29.9 Å². The Bertz CT molecular complexity index is 1230. The fourth-order valence-corrected chi connectivity index (χ4v) is 4.05. The highest BCUT2D eigenvalue weighted by atomic mass is 16.5. The Morgan fingerprint density at radius 3 is 2.73 bits per heavy atom. The summed E-state index contributed by atoms with van der Waals surface area (Å²) in [4.78, 5) is 11.9. The van der Waals surface area contributed by atoms with Gasteiger partial charge in [-0.1, -0.05) is 42.5 Å². The Balaban J connectivity index is 1.30. The van der Waals surface area contributed by atoms with Crippen LogP contribution in [0.3, 0.4) is 0 Å². The molecule has 0 radical (unpaired) electrons. The third-order valence-corrected chi connectivity index (χ3v) is 5.77. The van der Waals surface area contributed by atoms with Crippen LogP contribution in [0, 0.1) is 11.3 Å². The standard InChI is InChI=1S/C26H24N6O/c27-15-19-8-6-18(7-9-19)10-11-28-24(20-4-2-1-3-5-20)23-17-31-22-14-21(16-32-26(22)33-23)25-29-12-13-30-25/h1-9,12-14,16,23-24,28,31H,10-11,17H2,(H,29,30)/t23-,24+/m0/s1. The molecule has 0 aliphatic carbocycles. The molecule has 33 heavy (non-hydrogen) atoms. The molecule has 2 atom stereocenters. The first kappa shape index (κ1) is 20.7. The van der Waals surface area contributed by atoms with E-state index in [9.17, 15) is 0 Å². The molecule has 3 N–H and O–H groups in total. The molecule has 2 aromatic heterocycles. The summed E-state index contributed by atoms with van der Waals surface area (Å²) in [6.07, 6.45) is 6.03. The van der Waals surface area contributed by atoms with Crippen LogP contribution in [-0.2, 0) is 6.42 Å². The van der Waals surface area contributed by atoms with Crippen molar-refractivity contribution in [3.05, 3.63) is 95.9 Å². The third kappa shape index (κ3) is 4.71. The molecule has 3 heterocycles. The van der Waals surface area contributed by atoms with Crippen LogP contribution in [-0.4, -0.2) is 34.1 Å². The Hall–Kier alpha value is -4.15. The predicted octanol–water partition coefficient (Wildman–Crippen LogP) is 4.09. The largest absolute Gasteiger partial charge is 0.469 e. The van der Waals surface area contributed by atoms with Gasteiger partial charge in [-0.05, 0) is 42.3 Å². The summed E-state index contributed by atoms with van der Waals surface area (Å²) in [5, 5.41) is 16.1. The van der Waals surface area contributed by atoms with Gasteiger partial charge in [-0.25, -0.2) is 9.97 Å². The van der Waals surface area contributed by atoms with Crippen molar-refractivity contribution in [3.63, 3.8) is 0 Å². The lowest BCUT2D eigenvalue weighted by Gasteiger charge is -2.33. The molecule has 4 aromatic rings. The molecule has 0 saturated carbocycles. The summed E-state index contributed by atoms with van der Waals surface area (Å²) in [7, 11) is 0. The van der Waals surface area contributed by atoms with E-state index in [-0.39, 0.29) is 12.1 Å². The second kappa shape index (κ2) is 9.55. The summed E-state index contributed by atoms with van der Waals surface area (Å²) in [6.45, 7) is 1.43. The van der Waals surface area contributed by atoms with Crippen molar-refractivity contribution in [2.45, 2.75) is 18.6 Å². The number of ether oxygens (including phenoxy) is 1. The van der Waals surface area contributed by atoms with Crippen LogP contribution in [0.1, 0.15) is 22.7 Å². The lowest BCUT2D eigenvalue weighted by atomic mass is 9.99. The molecule has 0 spiro atoms. The molecule has 0 unspecified atom stereocenters. The maximum Gasteiger partial charge on any atom is 0.237 e. The summed E-state index contributed by atoms with van der Waals surface area (Å²) >= 11 is 0. The fourth-order valence-electron chi connectivity index (χ4n) is 4.05. The maximum atomic E-state index is 8.99. The van der Waals surface area contributed by atoms with Gasteiger partial charge >= 0.3 is 0 Å². The van der Waals surface area contributed by atoms with E-state index in [2.05, 4.69) is 43.8 Å². The molecular weight excluding hydrogens is 412 g/mol. The van der Waals surface area contributed by atoms with Crippen LogP contribution in [0.5, 0.6) is 5.88 Å². The Morgan fingerprint density at radius 1 is 1.12 bits per heavy atom. The normalized spacial score (nSPS) is 15.5. The fraction of sp³-hybridized carbons (Fsp3) is 0.192. The number of benzene rings is 2. The van der Waals surface area contributed by atoms with E-state index in [0.29, 0.717) is 18.0 Å². The van der Waals surface area contributed by atoms with Gasteiger partial charge in [-0.3, -0.25) is 0 Å². The Morgan fingerprint density at radius 2 is 1.97 bits per heavy atom. The molecule has 1 aliphatic rings. The number of H-pyrrole nitrogens is 1. The van der Waals surface area contributed by atoms with Crippen molar-refractivity contribution in [3.8, 4) is 23.3 Å². The molecule has 0 saturated heterocycles. The number of nitrogens with zero attached hydrogens (tertiary/aromatic N) is 3. The molecule has 0 bridgehead atoms. The zero-order valence-corrected chi connectivity index (χ0v) is 18.0. The van der Waals surface area contributed by atoms with Crippen LogP contribution in [0.4, 0.5) is 5.69 Å². The zero-order valence-electron chi connectivity index (χ0n) is 18.0. The number of aromatic amines is 1. The minimum absolute atomic E-state index is 0.00298. The number of nitriles is 1. The molecule has 2 aromatic carbocycles. The number of rotatable bonds is 7. The molecule has 7 heteroatoms. The lowest BCUT2D eigenvalue weighted by Crippen LogP contribution is -2.43. The van der Waals surface area contributed by atoms with Crippen LogP contribution < -0.4 is 15.4 Å². The van der Waals surface area contributed by atoms with Crippen LogP contribution in [0.15, 0.2) is 79.3 Å². The van der Waals surface area contributed by atoms with Gasteiger partial charge in [0.25, 0.3) is 0 Å². The van der Waals surface area contributed by atoms with Crippen molar-refractivity contribution in [2.75, 3.05) is 18.4 Å². The van der Waals surface area contributed by atoms with Crippen molar-refractivity contribution in [2.24, 2.45) is 0 Å². The Labute approximate surface area is 192 Å². The van der Waals surface area contributed by atoms with E-state index in [1.165, 1.54) is 11.1 Å². The van der Waals surface area contributed by atoms with Gasteiger partial charge in [-0.15, -0.1) is 0 Å². The van der Waals surface area contributed by atoms with E-state index >= 15 is 0 Å². The van der Waals surface area contributed by atoms with E-state index in [4.69, 9.17) is 10.00 Å². The number of hydrogen-bond acceptors (Lipinski definition) is 6. The zero-order chi connectivity index (χ0) is 22.5. The number of anilines is 1. The third-order valence-electron chi connectivity index (χ3n) is 5.77. The highest BCUT2D eigenvalue weighted by Crippen LogP contribution is 2.33. The summed E-state index contributed by atoms with van der Waals surface area (Å²) < 4.78 is 6.35. The molecule has 0 amide bonds. The van der Waals surface area contributed by atoms with Gasteiger partial charge in [0.15, 0.2) is 0 Å². The highest BCUT2D eigenvalue weighted by molar-refractivity contribution is 5.65. The average molecular weight is 437 g/mol. The summed E-state index contributed by atoms with van der Waals surface area (Å²) in [5.41, 5.74) is 4.81. The van der Waals surface area contributed by atoms with Gasteiger partial charge in [-0.2, -0.15) is 5.26 Å². The van der Waals surface area contributed by atoms with Gasteiger partial charge in [0.1, 0.15) is 11.9 Å². The van der Waals surface area contributed by atoms with Gasteiger partial charge in [0.2, 0.25) is 5.88 Å². The first-order valence-electron chi connectivity index (χ1n) is 11.0. The molecule has 7 nitrogen and oxygen atoms in total. The summed E-state index contributed by atoms with van der Waals surface area (Å²) in [6, 6.07) is 22.2. The predicted molar refractivity (Wildman–Crippen MR) is 127 cm³/mol. The smallest absolute Gasteiger partial charge is 0.237 e. The van der Waals surface area contributed by atoms with Gasteiger partial charge in [0, 0.05) is 24.2 Å². The number of aromatic nitrogens is 3. The van der Waals surface area contributed by atoms with Crippen LogP contribution >= 0.6 is 0 Å². The van der Waals surface area contributed by atoms with Crippen LogP contribution in [0.25, 0.3) is 11.4 Å². The first-order valence-corrected chi connectivity index (χ1v) is 11.0. The first-order chi connectivity index (χ1) is 16.3. The summed E-state index contributed by atoms with van der Waals surface area (Å²) in [5.74, 6) is 1.37. The number of nitrogens with one attached hydrogen (secondary N) is 3. The Kier molecular flexibility index (Phi) is 6.00. The molecule has 0 fully saturated rings. The van der Waals surface area contributed by atoms with Crippen molar-refractivity contribution >= 4 is 5.69 Å². The second-order valence-electron chi connectivity index (χ2n) is 7.95. The van der Waals surface area contributed by atoms with Crippen molar-refractivity contribution in [1.82, 2.24) is 20.3 Å². The minimum Gasteiger partial charge on any atom is -0.469 e. The number of pyridine rings is 1. The van der Waals surface area contributed by atoms with Crippen LogP contribution in [0.2, 0.25) is 0 Å². The second-order valence-corrected chi connectivity index (χ2v) is 7.95. The van der Waals surface area contributed by atoms with Crippen molar-refractivity contribution < 1.29 is 4.74 Å². The molecular formula is C26H24N6O. The number of fused-ring (bicyclic) bond motifs is 1. The maximum absolute atomic E-state index is 8.99. The lowest BCUT2D eigenvalue weighted by molar-refractivity contribution is 0.150. The minimum atomic E-state index is -0.122. The van der Waals surface area contributed by atoms with E-state index in [0.717, 1.165) is 30.0 Å². The number of imidazole rings is 1. The SMILES string of the molecule is N#Cc1ccc(CCN[C@H](c2ccccc2)[C@@H]2CNc3cc(-c4ncc[nH]4)cnc3O2)cc1. The van der Waals surface area contributed by atoms with E-state index in [1.54, 1.807) is 18.6 Å². The van der Waals surface area contributed by atoms with Crippen molar-refractivity contribution in [1.29, 1.82) is 5.26 Å². The topological polar surface area (TPSA) is 98.7 Å². The number of hydrogen-bond donors (Lipinski definition) is 3. The van der Waals surface area contributed by atoms with Gasteiger partial charge < -0.3 is 20.4 Å². The van der Waals surface area contributed by atoms with E-state index < -0.39 is 0 Å². The average Bonchev–Trinajstić information content (AvgIpc) is 3.42. The monoisotopic (exact) mass is 436 g/mol. The molecule has 1 aliphatic heterocycles. The molecule has 164 valence electrons. The molecule has 5 rings (SSSR count). The quantitative estimate of drug-likeness (QED) is 0.404. The van der Waals surface area contributed by atoms with E-state index in [1.807, 2.05) is 48.5 Å². The highest BCUT2D eigenvalue weighted by Gasteiger charge is 2.29.